The molecule has 2 aromatic rings. The number of imidazole rings is 1. The molecule has 0 amide bonds. The van der Waals surface area contributed by atoms with Crippen LogP contribution in [0.25, 0.3) is 11.3 Å². The lowest BCUT2D eigenvalue weighted by Gasteiger charge is -2.07. The molecule has 3 heteroatoms. The summed E-state index contributed by atoms with van der Waals surface area (Å²) in [7, 11) is 4.01. The van der Waals surface area contributed by atoms with E-state index in [1.807, 2.05) is 7.05 Å². The van der Waals surface area contributed by atoms with Crippen molar-refractivity contribution in [2.45, 2.75) is 20.4 Å². The largest absolute Gasteiger partial charge is 0.330 e. The lowest BCUT2D eigenvalue weighted by Crippen LogP contribution is -2.10. The number of nitrogens with one attached hydrogen (secondary N) is 1. The van der Waals surface area contributed by atoms with Gasteiger partial charge in [0.05, 0.1) is 17.9 Å². The molecule has 0 aliphatic rings. The van der Waals surface area contributed by atoms with Gasteiger partial charge in [-0.25, -0.2) is 4.98 Å². The second kappa shape index (κ2) is 4.72. The minimum Gasteiger partial charge on any atom is -0.330 e. The van der Waals surface area contributed by atoms with Crippen molar-refractivity contribution in [3.05, 3.63) is 41.3 Å². The fourth-order valence-electron chi connectivity index (χ4n) is 2.20. The summed E-state index contributed by atoms with van der Waals surface area (Å²) < 4.78 is 2.17. The molecule has 0 bridgehead atoms. The average Bonchev–Trinajstić information content (AvgIpc) is 2.55. The van der Waals surface area contributed by atoms with E-state index in [9.17, 15) is 0 Å². The van der Waals surface area contributed by atoms with E-state index < -0.39 is 0 Å². The second-order valence-electron chi connectivity index (χ2n) is 4.42. The van der Waals surface area contributed by atoms with Gasteiger partial charge in [0.15, 0.2) is 0 Å². The summed E-state index contributed by atoms with van der Waals surface area (Å²) in [5.74, 6) is 1.07. The van der Waals surface area contributed by atoms with Crippen molar-refractivity contribution in [1.29, 1.82) is 0 Å². The van der Waals surface area contributed by atoms with Crippen LogP contribution in [-0.2, 0) is 13.6 Å². The van der Waals surface area contributed by atoms with Gasteiger partial charge in [0.2, 0.25) is 0 Å². The molecule has 1 aromatic carbocycles. The molecule has 0 fully saturated rings. The lowest BCUT2D eigenvalue weighted by atomic mass is 10.1. The highest BCUT2D eigenvalue weighted by molar-refractivity contribution is 5.63. The predicted molar refractivity (Wildman–Crippen MR) is 70.9 cm³/mol. The summed E-state index contributed by atoms with van der Waals surface area (Å²) in [6.07, 6.45) is 0. The smallest absolute Gasteiger partial charge is 0.123 e. The van der Waals surface area contributed by atoms with Crippen molar-refractivity contribution in [2.75, 3.05) is 7.05 Å². The van der Waals surface area contributed by atoms with Gasteiger partial charge in [-0.15, -0.1) is 0 Å². The molecule has 17 heavy (non-hydrogen) atoms. The van der Waals surface area contributed by atoms with Gasteiger partial charge in [-0.05, 0) is 27.0 Å². The molecule has 0 saturated heterocycles. The van der Waals surface area contributed by atoms with Crippen LogP contribution in [0.5, 0.6) is 0 Å². The topological polar surface area (TPSA) is 29.9 Å². The zero-order valence-corrected chi connectivity index (χ0v) is 10.9. The van der Waals surface area contributed by atoms with Crippen molar-refractivity contribution in [2.24, 2.45) is 7.05 Å². The SMILES string of the molecule is CNCc1nc(C)c(-c2cccc(C)c2)n1C. The third kappa shape index (κ3) is 2.24. The monoisotopic (exact) mass is 229 g/mol. The Balaban J connectivity index is 2.52. The van der Waals surface area contributed by atoms with Gasteiger partial charge in [-0.3, -0.25) is 0 Å². The molecule has 0 radical (unpaired) electrons. The van der Waals surface area contributed by atoms with Crippen LogP contribution >= 0.6 is 0 Å². The highest BCUT2D eigenvalue weighted by atomic mass is 15.1. The number of hydrogen-bond donors (Lipinski definition) is 1. The zero-order chi connectivity index (χ0) is 12.4. The Labute approximate surface area is 103 Å². The lowest BCUT2D eigenvalue weighted by molar-refractivity contribution is 0.712. The fraction of sp³-hybridized carbons (Fsp3) is 0.357. The van der Waals surface area contributed by atoms with Crippen molar-refractivity contribution >= 4 is 0 Å². The molecule has 0 spiro atoms. The third-order valence-electron chi connectivity index (χ3n) is 2.99. The molecular formula is C14H19N3. The molecule has 1 N–H and O–H groups in total. The van der Waals surface area contributed by atoms with Crippen LogP contribution in [0.1, 0.15) is 17.1 Å². The van der Waals surface area contributed by atoms with Gasteiger partial charge < -0.3 is 9.88 Å². The van der Waals surface area contributed by atoms with E-state index in [-0.39, 0.29) is 0 Å². The first kappa shape index (κ1) is 11.9. The molecule has 1 aromatic heterocycles. The first-order valence-electron chi connectivity index (χ1n) is 5.87. The molecule has 0 saturated carbocycles. The van der Waals surface area contributed by atoms with Gasteiger partial charge in [0.25, 0.3) is 0 Å². The van der Waals surface area contributed by atoms with Crippen LogP contribution in [0.15, 0.2) is 24.3 Å². The standard InChI is InChI=1S/C14H19N3/c1-10-6-5-7-12(8-10)14-11(2)16-13(9-15-3)17(14)4/h5-8,15H,9H2,1-4H3. The Hall–Kier alpha value is -1.61. The molecule has 0 aliphatic carbocycles. The van der Waals surface area contributed by atoms with Crippen LogP contribution in [0.3, 0.4) is 0 Å². The van der Waals surface area contributed by atoms with E-state index in [4.69, 9.17) is 0 Å². The number of benzene rings is 1. The quantitative estimate of drug-likeness (QED) is 0.876. The van der Waals surface area contributed by atoms with E-state index in [2.05, 4.69) is 60.0 Å². The molecule has 0 unspecified atom stereocenters. The maximum atomic E-state index is 4.61. The minimum atomic E-state index is 0.795. The second-order valence-corrected chi connectivity index (χ2v) is 4.42. The molecule has 0 aliphatic heterocycles. The number of hydrogen-bond acceptors (Lipinski definition) is 2. The highest BCUT2D eigenvalue weighted by Crippen LogP contribution is 2.24. The molecule has 0 atom stereocenters. The maximum absolute atomic E-state index is 4.61. The molecule has 90 valence electrons. The van der Waals surface area contributed by atoms with Crippen LogP contribution in [0, 0.1) is 13.8 Å². The Kier molecular flexibility index (Phi) is 3.29. The summed E-state index contributed by atoms with van der Waals surface area (Å²) in [6.45, 7) is 4.98. The summed E-state index contributed by atoms with van der Waals surface area (Å²) >= 11 is 0. The van der Waals surface area contributed by atoms with Gasteiger partial charge in [-0.2, -0.15) is 0 Å². The van der Waals surface area contributed by atoms with Crippen LogP contribution in [-0.4, -0.2) is 16.6 Å². The molecule has 2 rings (SSSR count). The van der Waals surface area contributed by atoms with Gasteiger partial charge in [-0.1, -0.05) is 23.8 Å². The van der Waals surface area contributed by atoms with E-state index >= 15 is 0 Å². The van der Waals surface area contributed by atoms with Crippen molar-refractivity contribution < 1.29 is 0 Å². The average molecular weight is 229 g/mol. The summed E-state index contributed by atoms with van der Waals surface area (Å²) in [6, 6.07) is 8.55. The molecule has 3 nitrogen and oxygen atoms in total. The maximum Gasteiger partial charge on any atom is 0.123 e. The van der Waals surface area contributed by atoms with Crippen LogP contribution in [0.2, 0.25) is 0 Å². The first-order valence-corrected chi connectivity index (χ1v) is 5.87. The third-order valence-corrected chi connectivity index (χ3v) is 2.99. The predicted octanol–water partition coefficient (Wildman–Crippen LogP) is 2.42. The van der Waals surface area contributed by atoms with E-state index in [0.29, 0.717) is 0 Å². The summed E-state index contributed by atoms with van der Waals surface area (Å²) in [4.78, 5) is 4.61. The van der Waals surface area contributed by atoms with Gasteiger partial charge >= 0.3 is 0 Å². The van der Waals surface area contributed by atoms with E-state index in [1.165, 1.54) is 16.8 Å². The number of aromatic nitrogens is 2. The molecular weight excluding hydrogens is 210 g/mol. The van der Waals surface area contributed by atoms with E-state index in [0.717, 1.165) is 18.1 Å². The number of rotatable bonds is 3. The van der Waals surface area contributed by atoms with E-state index in [1.54, 1.807) is 0 Å². The number of nitrogens with zero attached hydrogens (tertiary/aromatic N) is 2. The molecule has 1 heterocycles. The van der Waals surface area contributed by atoms with Crippen molar-refractivity contribution in [3.8, 4) is 11.3 Å². The van der Waals surface area contributed by atoms with Crippen LogP contribution < -0.4 is 5.32 Å². The van der Waals surface area contributed by atoms with Gasteiger partial charge in [0, 0.05) is 12.6 Å². The van der Waals surface area contributed by atoms with Crippen molar-refractivity contribution in [1.82, 2.24) is 14.9 Å². The minimum absolute atomic E-state index is 0.795. The first-order chi connectivity index (χ1) is 8.13. The summed E-state index contributed by atoms with van der Waals surface area (Å²) in [5.41, 5.74) is 4.81. The Morgan fingerprint density at radius 1 is 1.29 bits per heavy atom. The highest BCUT2D eigenvalue weighted by Gasteiger charge is 2.12. The van der Waals surface area contributed by atoms with Crippen LogP contribution in [0.4, 0.5) is 0 Å². The zero-order valence-electron chi connectivity index (χ0n) is 10.9. The number of aryl methyl sites for hydroxylation is 2. The van der Waals surface area contributed by atoms with Gasteiger partial charge in [0.1, 0.15) is 5.82 Å². The Morgan fingerprint density at radius 2 is 2.06 bits per heavy atom. The van der Waals surface area contributed by atoms with Crippen molar-refractivity contribution in [3.63, 3.8) is 0 Å². The Bertz CT molecular complexity index is 526. The summed E-state index contributed by atoms with van der Waals surface area (Å²) in [5, 5.41) is 3.14. The fourth-order valence-corrected chi connectivity index (χ4v) is 2.20. The normalized spacial score (nSPS) is 10.8. The Morgan fingerprint density at radius 3 is 2.71 bits per heavy atom.